The summed E-state index contributed by atoms with van der Waals surface area (Å²) < 4.78 is 70.1. The van der Waals surface area contributed by atoms with E-state index in [0.29, 0.717) is 0 Å². The highest BCUT2D eigenvalue weighted by Gasteiger charge is 2.30. The Hall–Kier alpha value is -1.11. The van der Waals surface area contributed by atoms with Crippen LogP contribution in [0.5, 0.6) is 0 Å². The Kier molecular flexibility index (Phi) is 3.27. The first kappa shape index (κ1) is 13.0. The van der Waals surface area contributed by atoms with Gasteiger partial charge in [0, 0.05) is 0 Å². The van der Waals surface area contributed by atoms with Crippen molar-refractivity contribution >= 4 is 10.2 Å². The fourth-order valence-electron chi connectivity index (χ4n) is 1.11. The maximum absolute atomic E-state index is 12.6. The van der Waals surface area contributed by atoms with Gasteiger partial charge in [-0.2, -0.15) is 21.6 Å². The first-order valence-corrected chi connectivity index (χ1v) is 5.67. The number of benzene rings is 1. The maximum Gasteiger partial charge on any atom is 0.416 e. The second kappa shape index (κ2) is 4.04. The number of halogens is 4. The van der Waals surface area contributed by atoms with Crippen LogP contribution >= 0.6 is 0 Å². The van der Waals surface area contributed by atoms with E-state index in [2.05, 4.69) is 0 Å². The summed E-state index contributed by atoms with van der Waals surface area (Å²) in [6, 6.07) is 3.34. The molecule has 0 aromatic heterocycles. The summed E-state index contributed by atoms with van der Waals surface area (Å²) in [5, 5.41) is -1.46. The van der Waals surface area contributed by atoms with Crippen LogP contribution in [-0.2, 0) is 16.4 Å². The maximum atomic E-state index is 12.6. The van der Waals surface area contributed by atoms with Crippen molar-refractivity contribution in [2.45, 2.75) is 18.3 Å². The Bertz CT molecular complexity index is 461. The zero-order valence-corrected chi connectivity index (χ0v) is 8.94. The number of hydrogen-bond acceptors (Lipinski definition) is 2. The molecule has 7 heteroatoms. The lowest BCUT2D eigenvalue weighted by molar-refractivity contribution is -0.137. The lowest BCUT2D eigenvalue weighted by Crippen LogP contribution is -2.07. The highest BCUT2D eigenvalue weighted by Crippen LogP contribution is 2.31. The summed E-state index contributed by atoms with van der Waals surface area (Å²) in [4.78, 5) is 0. The third kappa shape index (κ3) is 2.94. The Morgan fingerprint density at radius 3 is 1.88 bits per heavy atom. The largest absolute Gasteiger partial charge is 0.416 e. The number of alkyl halides is 3. The van der Waals surface area contributed by atoms with Crippen molar-refractivity contribution in [1.29, 1.82) is 0 Å². The van der Waals surface area contributed by atoms with Crippen molar-refractivity contribution in [3.63, 3.8) is 0 Å². The zero-order valence-electron chi connectivity index (χ0n) is 8.12. The molecule has 0 bridgehead atoms. The second-order valence-corrected chi connectivity index (χ2v) is 4.90. The molecule has 0 radical (unpaired) electrons. The molecule has 1 unspecified atom stereocenters. The molecular weight excluding hydrogens is 248 g/mol. The SMILES string of the molecule is CC(c1ccc(C(F)(F)F)cc1)S(=O)(=O)F. The molecule has 0 aliphatic rings. The van der Waals surface area contributed by atoms with Gasteiger partial charge in [0.2, 0.25) is 0 Å². The highest BCUT2D eigenvalue weighted by atomic mass is 32.3. The van der Waals surface area contributed by atoms with Crippen molar-refractivity contribution in [2.75, 3.05) is 0 Å². The smallest absolute Gasteiger partial charge is 0.194 e. The van der Waals surface area contributed by atoms with Gasteiger partial charge in [-0.25, -0.2) is 0 Å². The van der Waals surface area contributed by atoms with E-state index in [0.717, 1.165) is 31.2 Å². The van der Waals surface area contributed by atoms with Crippen LogP contribution in [0.3, 0.4) is 0 Å². The van der Waals surface area contributed by atoms with E-state index in [1.165, 1.54) is 0 Å². The Balaban J connectivity index is 3.05. The predicted molar refractivity (Wildman–Crippen MR) is 49.9 cm³/mol. The van der Waals surface area contributed by atoms with Gasteiger partial charge in [-0.1, -0.05) is 12.1 Å². The molecule has 90 valence electrons. The Labute approximate surface area is 90.1 Å². The molecule has 0 heterocycles. The van der Waals surface area contributed by atoms with Crippen LogP contribution in [0.1, 0.15) is 23.3 Å². The van der Waals surface area contributed by atoms with Crippen LogP contribution < -0.4 is 0 Å². The van der Waals surface area contributed by atoms with E-state index in [4.69, 9.17) is 0 Å². The minimum atomic E-state index is -4.79. The molecule has 1 rings (SSSR count). The van der Waals surface area contributed by atoms with Gasteiger partial charge in [0.05, 0.1) is 5.56 Å². The molecule has 0 aliphatic carbocycles. The average Bonchev–Trinajstić information content (AvgIpc) is 2.14. The van der Waals surface area contributed by atoms with Gasteiger partial charge in [-0.15, -0.1) is 3.89 Å². The fraction of sp³-hybridized carbons (Fsp3) is 0.333. The molecule has 0 amide bonds. The van der Waals surface area contributed by atoms with Gasteiger partial charge < -0.3 is 0 Å². The molecule has 0 N–H and O–H groups in total. The van der Waals surface area contributed by atoms with Gasteiger partial charge in [0.15, 0.2) is 0 Å². The summed E-state index contributed by atoms with van der Waals surface area (Å²) in [5.74, 6) is 0. The lowest BCUT2D eigenvalue weighted by Gasteiger charge is -2.10. The van der Waals surface area contributed by atoms with E-state index >= 15 is 0 Å². The van der Waals surface area contributed by atoms with Gasteiger partial charge in [0.25, 0.3) is 0 Å². The van der Waals surface area contributed by atoms with Crippen LogP contribution in [0.15, 0.2) is 24.3 Å². The Morgan fingerprint density at radius 1 is 1.12 bits per heavy atom. The van der Waals surface area contributed by atoms with Crippen LogP contribution in [-0.4, -0.2) is 8.42 Å². The third-order valence-electron chi connectivity index (χ3n) is 2.13. The van der Waals surface area contributed by atoms with Crippen LogP contribution in [0.4, 0.5) is 17.1 Å². The van der Waals surface area contributed by atoms with Crippen molar-refractivity contribution in [3.05, 3.63) is 35.4 Å². The van der Waals surface area contributed by atoms with Gasteiger partial charge in [-0.3, -0.25) is 0 Å². The van der Waals surface area contributed by atoms with E-state index in [9.17, 15) is 25.5 Å². The lowest BCUT2D eigenvalue weighted by atomic mass is 10.1. The quantitative estimate of drug-likeness (QED) is 0.602. The molecular formula is C9H8F4O2S. The highest BCUT2D eigenvalue weighted by molar-refractivity contribution is 7.86. The molecule has 1 aromatic carbocycles. The fourth-order valence-corrected chi connectivity index (χ4v) is 1.59. The molecule has 2 nitrogen and oxygen atoms in total. The molecule has 16 heavy (non-hydrogen) atoms. The standard InChI is InChI=1S/C9H8F4O2S/c1-6(16(13,14)15)7-2-4-8(5-3-7)9(10,11)12/h2-6H,1H3. The molecule has 1 aromatic rings. The van der Waals surface area contributed by atoms with E-state index in [-0.39, 0.29) is 5.56 Å². The molecule has 0 saturated heterocycles. The van der Waals surface area contributed by atoms with Crippen molar-refractivity contribution in [3.8, 4) is 0 Å². The summed E-state index contributed by atoms with van der Waals surface area (Å²) in [5.41, 5.74) is -0.921. The molecule has 0 aliphatic heterocycles. The normalized spacial score (nSPS) is 14.8. The predicted octanol–water partition coefficient (Wildman–Crippen LogP) is 3.07. The molecule has 0 spiro atoms. The van der Waals surface area contributed by atoms with Gasteiger partial charge in [0.1, 0.15) is 5.25 Å². The summed E-state index contributed by atoms with van der Waals surface area (Å²) >= 11 is 0. The monoisotopic (exact) mass is 256 g/mol. The minimum absolute atomic E-state index is 0.0181. The molecule has 1 atom stereocenters. The first-order valence-electron chi connectivity index (χ1n) is 4.23. The van der Waals surface area contributed by atoms with Gasteiger partial charge in [-0.05, 0) is 24.6 Å². The average molecular weight is 256 g/mol. The van der Waals surface area contributed by atoms with Crippen molar-refractivity contribution in [2.24, 2.45) is 0 Å². The summed E-state index contributed by atoms with van der Waals surface area (Å²) in [6.07, 6.45) is -4.49. The minimum Gasteiger partial charge on any atom is -0.194 e. The molecule has 0 fully saturated rings. The zero-order chi connectivity index (χ0) is 12.6. The van der Waals surface area contributed by atoms with Crippen molar-refractivity contribution < 1.29 is 25.5 Å². The number of rotatable bonds is 2. The van der Waals surface area contributed by atoms with Crippen molar-refractivity contribution in [1.82, 2.24) is 0 Å². The van der Waals surface area contributed by atoms with Gasteiger partial charge >= 0.3 is 16.4 Å². The van der Waals surface area contributed by atoms with E-state index in [1.807, 2.05) is 0 Å². The summed E-state index contributed by atoms with van der Waals surface area (Å²) in [6.45, 7) is 1.07. The molecule has 0 saturated carbocycles. The van der Waals surface area contributed by atoms with E-state index < -0.39 is 27.2 Å². The number of hydrogen-bond donors (Lipinski definition) is 0. The van der Waals surface area contributed by atoms with E-state index in [1.54, 1.807) is 0 Å². The van der Waals surface area contributed by atoms with Crippen LogP contribution in [0.25, 0.3) is 0 Å². The second-order valence-electron chi connectivity index (χ2n) is 3.24. The van der Waals surface area contributed by atoms with Crippen LogP contribution in [0, 0.1) is 0 Å². The Morgan fingerprint density at radius 2 is 1.56 bits per heavy atom. The summed E-state index contributed by atoms with van der Waals surface area (Å²) in [7, 11) is -4.79. The topological polar surface area (TPSA) is 34.1 Å². The third-order valence-corrected chi connectivity index (χ3v) is 3.25. The first-order chi connectivity index (χ1) is 7.12. The van der Waals surface area contributed by atoms with Crippen LogP contribution in [0.2, 0.25) is 0 Å².